The number of nitrogens with zero attached hydrogens (tertiary/aromatic N) is 2. The number of hydrogen-bond donors (Lipinski definition) is 1. The summed E-state index contributed by atoms with van der Waals surface area (Å²) in [6, 6.07) is 8.94. The first kappa shape index (κ1) is 21.4. The van der Waals surface area contributed by atoms with Gasteiger partial charge in [-0.3, -0.25) is 4.79 Å². The van der Waals surface area contributed by atoms with E-state index in [1.54, 1.807) is 12.1 Å². The largest absolute Gasteiger partial charge is 0.481 e. The quantitative estimate of drug-likeness (QED) is 0.244. The normalized spacial score (nSPS) is 25.5. The average Bonchev–Trinajstić information content (AvgIpc) is 3.30. The average molecular weight is 402 g/mol. The van der Waals surface area contributed by atoms with Gasteiger partial charge in [0.1, 0.15) is 5.75 Å². The van der Waals surface area contributed by atoms with Crippen LogP contribution in [0.3, 0.4) is 0 Å². The van der Waals surface area contributed by atoms with Crippen LogP contribution < -0.4 is 4.74 Å². The van der Waals surface area contributed by atoms with Gasteiger partial charge in [0, 0.05) is 12.3 Å². The molecule has 0 amide bonds. The molecule has 2 aliphatic heterocycles. The van der Waals surface area contributed by atoms with Gasteiger partial charge >= 0.3 is 11.9 Å². The lowest BCUT2D eigenvalue weighted by molar-refractivity contribution is -0.137. The molecule has 2 bridgehead atoms. The summed E-state index contributed by atoms with van der Waals surface area (Å²) in [6.45, 7) is 0.508. The van der Waals surface area contributed by atoms with Crippen molar-refractivity contribution in [2.75, 3.05) is 13.1 Å². The summed E-state index contributed by atoms with van der Waals surface area (Å²) in [7, 11) is 0. The first-order valence-corrected chi connectivity index (χ1v) is 10.6. The summed E-state index contributed by atoms with van der Waals surface area (Å²) >= 11 is 0. The van der Waals surface area contributed by atoms with Crippen LogP contribution in [0.1, 0.15) is 51.4 Å². The summed E-state index contributed by atoms with van der Waals surface area (Å²) < 4.78 is 11.3. The number of azo groups is 1. The summed E-state index contributed by atoms with van der Waals surface area (Å²) in [5.74, 6) is 0.231. The molecule has 4 unspecified atom stereocenters. The number of ether oxygens (including phenoxy) is 2. The van der Waals surface area contributed by atoms with Crippen molar-refractivity contribution in [2.45, 2.75) is 63.6 Å². The van der Waals surface area contributed by atoms with Crippen LogP contribution in [0.2, 0.25) is 0 Å². The Bertz CT molecular complexity index is 694. The summed E-state index contributed by atoms with van der Waals surface area (Å²) in [5.41, 5.74) is 0. The number of carboxylic acids is 1. The smallest absolute Gasteiger partial charge is 0.335 e. The Morgan fingerprint density at radius 3 is 2.48 bits per heavy atom. The zero-order chi connectivity index (χ0) is 20.5. The van der Waals surface area contributed by atoms with E-state index in [1.165, 1.54) is 0 Å². The van der Waals surface area contributed by atoms with Crippen LogP contribution >= 0.6 is 0 Å². The minimum atomic E-state index is -0.718. The number of carbonyl (C=O) groups is 2. The zero-order valence-electron chi connectivity index (χ0n) is 16.7. The molecule has 2 fully saturated rings. The molecule has 0 spiro atoms. The number of para-hydroxylation sites is 1. The van der Waals surface area contributed by atoms with Gasteiger partial charge < -0.3 is 14.6 Å². The van der Waals surface area contributed by atoms with Crippen molar-refractivity contribution in [3.63, 3.8) is 0 Å². The van der Waals surface area contributed by atoms with E-state index in [0.717, 1.165) is 44.9 Å². The van der Waals surface area contributed by atoms with E-state index in [-0.39, 0.29) is 19.1 Å². The molecule has 7 heteroatoms. The van der Waals surface area contributed by atoms with E-state index in [4.69, 9.17) is 14.6 Å². The minimum absolute atomic E-state index is 0.0786. The second-order valence-electron chi connectivity index (χ2n) is 7.88. The molecular formula is C22H30N2O5. The number of unbranched alkanes of at least 4 members (excludes halogenated alkanes) is 3. The Labute approximate surface area is 171 Å². The number of carboxylic acid groups (broad SMARTS) is 1. The highest BCUT2D eigenvalue weighted by Gasteiger charge is 2.48. The maximum Gasteiger partial charge on any atom is 0.335 e. The van der Waals surface area contributed by atoms with Crippen LogP contribution in [0.25, 0.3) is 0 Å². The standard InChI is InChI=1S/C22H30N2O5/c25-21(26)11-7-2-1-6-10-17-18(20-13-12-19(17)29-20)14-23-24-15-22(27)28-16-8-4-3-5-9-16/h3-5,8-9,17-20H,1-2,6-7,10-15H2,(H,25,26). The molecule has 2 saturated heterocycles. The molecule has 1 aromatic carbocycles. The number of benzene rings is 1. The maximum atomic E-state index is 11.8. The van der Waals surface area contributed by atoms with Crippen molar-refractivity contribution in [1.29, 1.82) is 0 Å². The number of aliphatic carboxylic acids is 1. The molecule has 0 radical (unpaired) electrons. The first-order chi connectivity index (χ1) is 14.1. The third-order valence-corrected chi connectivity index (χ3v) is 5.84. The van der Waals surface area contributed by atoms with Gasteiger partial charge in [-0.1, -0.05) is 37.5 Å². The molecule has 4 atom stereocenters. The van der Waals surface area contributed by atoms with Gasteiger partial charge in [0.15, 0.2) is 6.54 Å². The highest BCUT2D eigenvalue weighted by Crippen LogP contribution is 2.45. The lowest BCUT2D eigenvalue weighted by Crippen LogP contribution is -2.29. The first-order valence-electron chi connectivity index (χ1n) is 10.6. The lowest BCUT2D eigenvalue weighted by Gasteiger charge is -2.26. The van der Waals surface area contributed by atoms with Crippen LogP contribution in [0.4, 0.5) is 0 Å². The van der Waals surface area contributed by atoms with E-state index in [1.807, 2.05) is 18.2 Å². The molecule has 7 nitrogen and oxygen atoms in total. The Balaban J connectivity index is 1.37. The van der Waals surface area contributed by atoms with E-state index < -0.39 is 11.9 Å². The van der Waals surface area contributed by atoms with Crippen LogP contribution in [-0.2, 0) is 14.3 Å². The Hall–Kier alpha value is -2.28. The highest BCUT2D eigenvalue weighted by molar-refractivity contribution is 5.74. The van der Waals surface area contributed by atoms with Crippen LogP contribution in [-0.4, -0.2) is 42.3 Å². The summed E-state index contributed by atoms with van der Waals surface area (Å²) in [4.78, 5) is 22.4. The third kappa shape index (κ3) is 6.63. The number of esters is 1. The van der Waals surface area contributed by atoms with Crippen molar-refractivity contribution in [3.8, 4) is 5.75 Å². The van der Waals surface area contributed by atoms with Gasteiger partial charge in [0.25, 0.3) is 0 Å². The van der Waals surface area contributed by atoms with E-state index >= 15 is 0 Å². The van der Waals surface area contributed by atoms with Gasteiger partial charge in [-0.05, 0) is 43.7 Å². The predicted molar refractivity (Wildman–Crippen MR) is 107 cm³/mol. The van der Waals surface area contributed by atoms with Crippen LogP contribution in [0, 0.1) is 11.8 Å². The van der Waals surface area contributed by atoms with E-state index in [2.05, 4.69) is 10.2 Å². The fourth-order valence-electron chi connectivity index (χ4n) is 4.45. The molecule has 158 valence electrons. The zero-order valence-corrected chi connectivity index (χ0v) is 16.7. The molecule has 2 aliphatic rings. The van der Waals surface area contributed by atoms with Gasteiger partial charge in [-0.15, -0.1) is 0 Å². The van der Waals surface area contributed by atoms with Gasteiger partial charge in [0.05, 0.1) is 18.8 Å². The topological polar surface area (TPSA) is 97.5 Å². The number of hydrogen-bond acceptors (Lipinski definition) is 6. The summed E-state index contributed by atoms with van der Waals surface area (Å²) in [6.07, 6.45) is 7.98. The number of carbonyl (C=O) groups excluding carboxylic acids is 1. The Morgan fingerprint density at radius 2 is 1.72 bits per heavy atom. The van der Waals surface area contributed by atoms with Crippen LogP contribution in [0.5, 0.6) is 5.75 Å². The molecule has 1 N–H and O–H groups in total. The Morgan fingerprint density at radius 1 is 1.00 bits per heavy atom. The second kappa shape index (κ2) is 11.0. The molecular weight excluding hydrogens is 372 g/mol. The fraction of sp³-hybridized carbons (Fsp3) is 0.636. The van der Waals surface area contributed by atoms with Crippen molar-refractivity contribution in [1.82, 2.24) is 0 Å². The van der Waals surface area contributed by atoms with Gasteiger partial charge in [0.2, 0.25) is 0 Å². The third-order valence-electron chi connectivity index (χ3n) is 5.84. The molecule has 3 rings (SSSR count). The van der Waals surface area contributed by atoms with Crippen molar-refractivity contribution >= 4 is 11.9 Å². The number of fused-ring (bicyclic) bond motifs is 2. The SMILES string of the molecule is O=C(O)CCCCCCC1C2CCC(O2)C1CN=NCC(=O)Oc1ccccc1. The van der Waals surface area contributed by atoms with Crippen LogP contribution in [0.15, 0.2) is 40.6 Å². The van der Waals surface area contributed by atoms with E-state index in [9.17, 15) is 9.59 Å². The molecule has 0 aromatic heterocycles. The van der Waals surface area contributed by atoms with Crippen molar-refractivity contribution in [2.24, 2.45) is 22.1 Å². The fourth-order valence-corrected chi connectivity index (χ4v) is 4.45. The van der Waals surface area contributed by atoms with Gasteiger partial charge in [-0.25, -0.2) is 4.79 Å². The molecule has 0 saturated carbocycles. The molecule has 1 aromatic rings. The van der Waals surface area contributed by atoms with Crippen molar-refractivity contribution in [3.05, 3.63) is 30.3 Å². The molecule has 29 heavy (non-hydrogen) atoms. The molecule has 0 aliphatic carbocycles. The molecule has 2 heterocycles. The Kier molecular flexibility index (Phi) is 8.16. The number of rotatable bonds is 12. The van der Waals surface area contributed by atoms with Crippen molar-refractivity contribution < 1.29 is 24.2 Å². The highest BCUT2D eigenvalue weighted by atomic mass is 16.5. The monoisotopic (exact) mass is 402 g/mol. The minimum Gasteiger partial charge on any atom is -0.481 e. The van der Waals surface area contributed by atoms with Gasteiger partial charge in [-0.2, -0.15) is 10.2 Å². The lowest BCUT2D eigenvalue weighted by atomic mass is 9.76. The summed E-state index contributed by atoms with van der Waals surface area (Å²) in [5, 5.41) is 17.0. The predicted octanol–water partition coefficient (Wildman–Crippen LogP) is 4.26. The second-order valence-corrected chi connectivity index (χ2v) is 7.88. The van der Waals surface area contributed by atoms with E-state index in [0.29, 0.717) is 30.2 Å². The maximum absolute atomic E-state index is 11.8.